The van der Waals surface area contributed by atoms with Gasteiger partial charge in [0.2, 0.25) is 0 Å². The van der Waals surface area contributed by atoms with E-state index in [-0.39, 0.29) is 23.3 Å². The summed E-state index contributed by atoms with van der Waals surface area (Å²) in [5.41, 5.74) is 0.378. The topological polar surface area (TPSA) is 99.2 Å². The fraction of sp³-hybridized carbons (Fsp3) is 0.462. The largest absolute Gasteiger partial charge is 0.396 e. The number of benzene rings is 1. The van der Waals surface area contributed by atoms with Crippen molar-refractivity contribution in [3.63, 3.8) is 0 Å². The molecule has 1 atom stereocenters. The number of nitrogens with one attached hydrogen (secondary N) is 1. The van der Waals surface area contributed by atoms with Crippen molar-refractivity contribution >= 4 is 11.4 Å². The third-order valence-electron chi connectivity index (χ3n) is 3.28. The number of aliphatic hydroxyl groups is 1. The first-order valence-electron chi connectivity index (χ1n) is 5.99. The van der Waals surface area contributed by atoms with Gasteiger partial charge in [0, 0.05) is 24.1 Å². The molecule has 1 aromatic rings. The van der Waals surface area contributed by atoms with Crippen molar-refractivity contribution in [2.75, 3.05) is 18.5 Å². The zero-order chi connectivity index (χ0) is 14.5. The van der Waals surface area contributed by atoms with Crippen LogP contribution in [-0.4, -0.2) is 23.2 Å². The number of non-ortho nitro benzene ring substituents is 1. The van der Waals surface area contributed by atoms with Gasteiger partial charge in [-0.2, -0.15) is 5.26 Å². The van der Waals surface area contributed by atoms with Crippen LogP contribution in [0.5, 0.6) is 0 Å². The van der Waals surface area contributed by atoms with Gasteiger partial charge in [-0.05, 0) is 12.5 Å². The highest BCUT2D eigenvalue weighted by Crippen LogP contribution is 2.25. The summed E-state index contributed by atoms with van der Waals surface area (Å²) in [4.78, 5) is 10.1. The third-order valence-corrected chi connectivity index (χ3v) is 3.28. The molecule has 0 bridgehead atoms. The molecule has 102 valence electrons. The van der Waals surface area contributed by atoms with Crippen LogP contribution in [0.4, 0.5) is 11.4 Å². The number of nitro groups is 1. The van der Waals surface area contributed by atoms with Gasteiger partial charge < -0.3 is 10.4 Å². The molecule has 0 saturated carbocycles. The number of anilines is 1. The highest BCUT2D eigenvalue weighted by molar-refractivity contribution is 5.61. The maximum absolute atomic E-state index is 10.6. The molecule has 0 fully saturated rings. The number of nitriles is 1. The van der Waals surface area contributed by atoms with Gasteiger partial charge in [0.25, 0.3) is 5.69 Å². The maximum Gasteiger partial charge on any atom is 0.270 e. The Labute approximate surface area is 111 Å². The van der Waals surface area contributed by atoms with E-state index < -0.39 is 4.92 Å². The number of rotatable bonds is 6. The number of hydrogen-bond donors (Lipinski definition) is 2. The summed E-state index contributed by atoms with van der Waals surface area (Å²) < 4.78 is 0. The van der Waals surface area contributed by atoms with Gasteiger partial charge in [-0.25, -0.2) is 0 Å². The van der Waals surface area contributed by atoms with Crippen LogP contribution in [0, 0.1) is 26.9 Å². The Hall–Kier alpha value is -2.13. The van der Waals surface area contributed by atoms with Crippen LogP contribution in [0.3, 0.4) is 0 Å². The van der Waals surface area contributed by atoms with Crippen LogP contribution in [0.15, 0.2) is 18.2 Å². The number of nitrogens with zero attached hydrogens (tertiary/aromatic N) is 2. The number of hydrogen-bond acceptors (Lipinski definition) is 5. The van der Waals surface area contributed by atoms with Crippen molar-refractivity contribution in [2.24, 2.45) is 5.41 Å². The monoisotopic (exact) mass is 263 g/mol. The van der Waals surface area contributed by atoms with Crippen LogP contribution in [-0.2, 0) is 0 Å². The standard InChI is InChI=1S/C13H17N3O3/c1-3-13(2,9-17)8-15-12-5-4-11(16(18)19)6-10(12)7-14/h4-6,15,17H,3,8-9H2,1-2H3. The molecule has 0 aliphatic rings. The zero-order valence-electron chi connectivity index (χ0n) is 11.0. The second kappa shape index (κ2) is 6.16. The van der Waals surface area contributed by atoms with E-state index in [1.54, 1.807) is 0 Å². The lowest BCUT2D eigenvalue weighted by Gasteiger charge is -2.26. The molecule has 2 N–H and O–H groups in total. The van der Waals surface area contributed by atoms with Gasteiger partial charge in [0.05, 0.1) is 22.8 Å². The minimum Gasteiger partial charge on any atom is -0.396 e. The number of aliphatic hydroxyl groups excluding tert-OH is 1. The average molecular weight is 263 g/mol. The molecule has 1 aromatic carbocycles. The van der Waals surface area contributed by atoms with E-state index in [4.69, 9.17) is 5.26 Å². The van der Waals surface area contributed by atoms with E-state index in [9.17, 15) is 15.2 Å². The molecule has 0 saturated heterocycles. The molecule has 0 radical (unpaired) electrons. The molecule has 1 unspecified atom stereocenters. The Morgan fingerprint density at radius 1 is 1.58 bits per heavy atom. The molecule has 0 spiro atoms. The van der Waals surface area contributed by atoms with E-state index in [2.05, 4.69) is 5.32 Å². The molecule has 0 aliphatic heterocycles. The molecule has 0 heterocycles. The predicted octanol–water partition coefficient (Wildman–Crippen LogP) is 2.29. The molecule has 0 aromatic heterocycles. The van der Waals surface area contributed by atoms with Gasteiger partial charge in [-0.3, -0.25) is 10.1 Å². The van der Waals surface area contributed by atoms with Crippen molar-refractivity contribution in [1.29, 1.82) is 5.26 Å². The van der Waals surface area contributed by atoms with Crippen molar-refractivity contribution in [3.05, 3.63) is 33.9 Å². The van der Waals surface area contributed by atoms with Gasteiger partial charge in [0.1, 0.15) is 6.07 Å². The normalized spacial score (nSPS) is 13.4. The summed E-state index contributed by atoms with van der Waals surface area (Å²) in [5, 5.41) is 32.0. The second-order valence-corrected chi connectivity index (χ2v) is 4.77. The summed E-state index contributed by atoms with van der Waals surface area (Å²) in [5.74, 6) is 0. The summed E-state index contributed by atoms with van der Waals surface area (Å²) >= 11 is 0. The summed E-state index contributed by atoms with van der Waals surface area (Å²) in [7, 11) is 0. The van der Waals surface area contributed by atoms with Crippen LogP contribution in [0.25, 0.3) is 0 Å². The summed E-state index contributed by atoms with van der Waals surface area (Å²) in [6.07, 6.45) is 0.783. The molecular formula is C13H17N3O3. The van der Waals surface area contributed by atoms with Crippen LogP contribution < -0.4 is 5.32 Å². The smallest absolute Gasteiger partial charge is 0.270 e. The van der Waals surface area contributed by atoms with E-state index in [0.29, 0.717) is 12.2 Å². The van der Waals surface area contributed by atoms with Crippen LogP contribution in [0.2, 0.25) is 0 Å². The zero-order valence-corrected chi connectivity index (χ0v) is 11.0. The van der Waals surface area contributed by atoms with Gasteiger partial charge >= 0.3 is 0 Å². The van der Waals surface area contributed by atoms with E-state index >= 15 is 0 Å². The molecule has 19 heavy (non-hydrogen) atoms. The molecule has 6 nitrogen and oxygen atoms in total. The Bertz CT molecular complexity index is 504. The minimum absolute atomic E-state index is 0.0331. The fourth-order valence-electron chi connectivity index (χ4n) is 1.49. The highest BCUT2D eigenvalue weighted by Gasteiger charge is 2.21. The predicted molar refractivity (Wildman–Crippen MR) is 71.8 cm³/mol. The van der Waals surface area contributed by atoms with Crippen molar-refractivity contribution in [3.8, 4) is 6.07 Å². The Kier molecular flexibility index (Phi) is 4.84. The molecule has 0 aliphatic carbocycles. The van der Waals surface area contributed by atoms with E-state index in [0.717, 1.165) is 6.42 Å². The second-order valence-electron chi connectivity index (χ2n) is 4.77. The fourth-order valence-corrected chi connectivity index (χ4v) is 1.49. The Morgan fingerprint density at radius 3 is 2.74 bits per heavy atom. The molecule has 6 heteroatoms. The quantitative estimate of drug-likeness (QED) is 0.606. The number of nitro benzene ring substituents is 1. The molecular weight excluding hydrogens is 246 g/mol. The minimum atomic E-state index is -0.533. The molecule has 1 rings (SSSR count). The third kappa shape index (κ3) is 3.66. The maximum atomic E-state index is 10.6. The summed E-state index contributed by atoms with van der Waals surface area (Å²) in [6, 6.07) is 6.04. The van der Waals surface area contributed by atoms with E-state index in [1.165, 1.54) is 18.2 Å². The Balaban J connectivity index is 2.91. The van der Waals surface area contributed by atoms with Crippen molar-refractivity contribution < 1.29 is 10.0 Å². The summed E-state index contributed by atoms with van der Waals surface area (Å²) in [6.45, 7) is 4.42. The van der Waals surface area contributed by atoms with E-state index in [1.807, 2.05) is 19.9 Å². The highest BCUT2D eigenvalue weighted by atomic mass is 16.6. The van der Waals surface area contributed by atoms with Gasteiger partial charge in [-0.1, -0.05) is 13.8 Å². The van der Waals surface area contributed by atoms with Crippen molar-refractivity contribution in [1.82, 2.24) is 0 Å². The van der Waals surface area contributed by atoms with Gasteiger partial charge in [-0.15, -0.1) is 0 Å². The Morgan fingerprint density at radius 2 is 2.26 bits per heavy atom. The average Bonchev–Trinajstić information content (AvgIpc) is 2.44. The lowest BCUT2D eigenvalue weighted by Crippen LogP contribution is -2.29. The first-order chi connectivity index (χ1) is 8.95. The van der Waals surface area contributed by atoms with Crippen LogP contribution in [0.1, 0.15) is 25.8 Å². The lowest BCUT2D eigenvalue weighted by atomic mass is 9.88. The first kappa shape index (κ1) is 14.9. The van der Waals surface area contributed by atoms with Crippen LogP contribution >= 0.6 is 0 Å². The molecule has 0 amide bonds. The lowest BCUT2D eigenvalue weighted by molar-refractivity contribution is -0.384. The van der Waals surface area contributed by atoms with Gasteiger partial charge in [0.15, 0.2) is 0 Å². The SMILES string of the molecule is CCC(C)(CO)CNc1ccc([N+](=O)[O-])cc1C#N. The van der Waals surface area contributed by atoms with Crippen molar-refractivity contribution in [2.45, 2.75) is 20.3 Å². The first-order valence-corrected chi connectivity index (χ1v) is 5.99.